The number of nitrogen functional groups attached to an aromatic ring is 1. The van der Waals surface area contributed by atoms with Gasteiger partial charge < -0.3 is 9.47 Å². The second kappa shape index (κ2) is 4.73. The molecule has 8 nitrogen and oxygen atoms in total. The third-order valence-electron chi connectivity index (χ3n) is 1.93. The van der Waals surface area contributed by atoms with Gasteiger partial charge in [0.25, 0.3) is 0 Å². The second-order valence-electron chi connectivity index (χ2n) is 2.97. The molecule has 0 saturated carbocycles. The number of ether oxygens (including phenoxy) is 2. The van der Waals surface area contributed by atoms with Gasteiger partial charge in [-0.3, -0.25) is 10.5 Å². The average Bonchev–Trinajstić information content (AvgIpc) is 2.77. The lowest BCUT2D eigenvalue weighted by molar-refractivity contribution is 0.144. The van der Waals surface area contributed by atoms with Crippen molar-refractivity contribution in [1.82, 2.24) is 20.2 Å². The van der Waals surface area contributed by atoms with E-state index in [0.29, 0.717) is 30.1 Å². The van der Waals surface area contributed by atoms with Crippen molar-refractivity contribution in [3.63, 3.8) is 0 Å². The Morgan fingerprint density at radius 1 is 1.44 bits per heavy atom. The van der Waals surface area contributed by atoms with Crippen molar-refractivity contribution in [1.29, 1.82) is 0 Å². The molecule has 0 bridgehead atoms. The van der Waals surface area contributed by atoms with Crippen LogP contribution in [0.2, 0.25) is 0 Å². The van der Waals surface area contributed by atoms with Gasteiger partial charge in [0, 0.05) is 7.11 Å². The molecule has 0 unspecified atom stereocenters. The maximum Gasteiger partial charge on any atom is 0.242 e. The normalized spacial score (nSPS) is 10.6. The fourth-order valence-corrected chi connectivity index (χ4v) is 1.20. The highest BCUT2D eigenvalue weighted by molar-refractivity contribution is 5.80. The van der Waals surface area contributed by atoms with E-state index >= 15 is 0 Å². The first-order valence-corrected chi connectivity index (χ1v) is 4.64. The van der Waals surface area contributed by atoms with Crippen LogP contribution in [0, 0.1) is 0 Å². The molecule has 0 spiro atoms. The molecule has 0 radical (unpaired) electrons. The molecule has 8 heteroatoms. The zero-order valence-electron chi connectivity index (χ0n) is 8.73. The number of anilines is 1. The van der Waals surface area contributed by atoms with Crippen LogP contribution in [0.5, 0.6) is 5.88 Å². The van der Waals surface area contributed by atoms with Gasteiger partial charge in [-0.15, -0.1) is 0 Å². The van der Waals surface area contributed by atoms with E-state index in [1.54, 1.807) is 13.3 Å². The summed E-state index contributed by atoms with van der Waals surface area (Å²) in [4.78, 5) is 8.14. The summed E-state index contributed by atoms with van der Waals surface area (Å²) in [7, 11) is 1.60. The summed E-state index contributed by atoms with van der Waals surface area (Å²) < 4.78 is 10.3. The molecule has 86 valence electrons. The Balaban J connectivity index is 2.29. The van der Waals surface area contributed by atoms with Gasteiger partial charge in [0.1, 0.15) is 12.0 Å². The van der Waals surface area contributed by atoms with Crippen molar-refractivity contribution in [2.75, 3.05) is 25.7 Å². The van der Waals surface area contributed by atoms with E-state index < -0.39 is 0 Å². The zero-order chi connectivity index (χ0) is 11.4. The fraction of sp³-hybridized carbons (Fsp3) is 0.375. The van der Waals surface area contributed by atoms with Crippen LogP contribution < -0.4 is 16.0 Å². The minimum absolute atomic E-state index is 0.268. The van der Waals surface area contributed by atoms with E-state index in [1.165, 1.54) is 0 Å². The molecule has 2 rings (SSSR count). The standard InChI is InChI=1S/C8H12N6O2/c1-15-2-3-16-7-5-4-10-14-6(5)11-8(12-7)13-9/h4H,2-3,9H2,1H3,(H2,10,11,12,13,14). The van der Waals surface area contributed by atoms with Crippen molar-refractivity contribution in [2.45, 2.75) is 0 Å². The predicted octanol–water partition coefficient (Wildman–Crippen LogP) is -0.336. The number of hydrogen-bond acceptors (Lipinski definition) is 7. The minimum Gasteiger partial charge on any atom is -0.475 e. The Morgan fingerprint density at radius 2 is 2.31 bits per heavy atom. The monoisotopic (exact) mass is 224 g/mol. The van der Waals surface area contributed by atoms with Crippen molar-refractivity contribution >= 4 is 17.0 Å². The van der Waals surface area contributed by atoms with Crippen LogP contribution in [-0.2, 0) is 4.74 Å². The highest BCUT2D eigenvalue weighted by Gasteiger charge is 2.09. The molecule has 0 aliphatic carbocycles. The van der Waals surface area contributed by atoms with E-state index in [0.717, 1.165) is 0 Å². The topological polar surface area (TPSA) is 111 Å². The Bertz CT molecular complexity index is 470. The van der Waals surface area contributed by atoms with Gasteiger partial charge in [-0.25, -0.2) is 5.84 Å². The number of aromatic amines is 1. The molecule has 2 aromatic rings. The van der Waals surface area contributed by atoms with E-state index in [1.807, 2.05) is 0 Å². The summed E-state index contributed by atoms with van der Waals surface area (Å²) in [6.07, 6.45) is 1.60. The maximum atomic E-state index is 5.43. The Hall–Kier alpha value is -1.93. The number of hydrogen-bond donors (Lipinski definition) is 3. The number of nitrogens with two attached hydrogens (primary N) is 1. The Morgan fingerprint density at radius 3 is 3.06 bits per heavy atom. The third-order valence-corrected chi connectivity index (χ3v) is 1.93. The van der Waals surface area contributed by atoms with Gasteiger partial charge in [-0.05, 0) is 0 Å². The summed E-state index contributed by atoms with van der Waals surface area (Å²) in [6, 6.07) is 0. The van der Waals surface area contributed by atoms with Crippen LogP contribution in [0.3, 0.4) is 0 Å². The van der Waals surface area contributed by atoms with Crippen molar-refractivity contribution in [3.05, 3.63) is 6.20 Å². The van der Waals surface area contributed by atoms with Gasteiger partial charge in [0.05, 0.1) is 12.8 Å². The number of hydrazine groups is 1. The van der Waals surface area contributed by atoms with Gasteiger partial charge in [-0.1, -0.05) is 0 Å². The van der Waals surface area contributed by atoms with Crippen LogP contribution in [0.4, 0.5) is 5.95 Å². The van der Waals surface area contributed by atoms with E-state index in [-0.39, 0.29) is 5.95 Å². The summed E-state index contributed by atoms with van der Waals surface area (Å²) in [5.41, 5.74) is 2.92. The molecular weight excluding hydrogens is 212 g/mol. The average molecular weight is 224 g/mol. The highest BCUT2D eigenvalue weighted by atomic mass is 16.5. The van der Waals surface area contributed by atoms with Crippen LogP contribution >= 0.6 is 0 Å². The smallest absolute Gasteiger partial charge is 0.242 e. The number of nitrogens with one attached hydrogen (secondary N) is 2. The molecule has 0 aromatic carbocycles. The zero-order valence-corrected chi connectivity index (χ0v) is 8.73. The van der Waals surface area contributed by atoms with Crippen molar-refractivity contribution in [2.24, 2.45) is 5.84 Å². The lowest BCUT2D eigenvalue weighted by Crippen LogP contribution is -2.12. The molecule has 4 N–H and O–H groups in total. The molecule has 2 heterocycles. The van der Waals surface area contributed by atoms with Gasteiger partial charge >= 0.3 is 0 Å². The third kappa shape index (κ3) is 2.02. The van der Waals surface area contributed by atoms with Gasteiger partial charge in [0.2, 0.25) is 11.8 Å². The molecule has 0 aliphatic rings. The highest BCUT2D eigenvalue weighted by Crippen LogP contribution is 2.21. The molecule has 0 atom stereocenters. The van der Waals surface area contributed by atoms with Crippen LogP contribution in [-0.4, -0.2) is 40.5 Å². The summed E-state index contributed by atoms with van der Waals surface area (Å²) in [5, 5.41) is 7.28. The maximum absolute atomic E-state index is 5.43. The van der Waals surface area contributed by atoms with Crippen LogP contribution in [0.15, 0.2) is 6.20 Å². The number of aromatic nitrogens is 4. The first-order chi connectivity index (χ1) is 7.85. The largest absolute Gasteiger partial charge is 0.475 e. The van der Waals surface area contributed by atoms with E-state index in [9.17, 15) is 0 Å². The van der Waals surface area contributed by atoms with E-state index in [4.69, 9.17) is 15.3 Å². The SMILES string of the molecule is COCCOc1nc(NN)nc2[nH]ncc12. The second-order valence-corrected chi connectivity index (χ2v) is 2.97. The lowest BCUT2D eigenvalue weighted by atomic mass is 10.4. The Labute approximate surface area is 91.1 Å². The molecule has 0 aliphatic heterocycles. The summed E-state index contributed by atoms with van der Waals surface area (Å²) in [6.45, 7) is 0.881. The quantitative estimate of drug-likeness (QED) is 0.362. The molecule has 0 fully saturated rings. The number of H-pyrrole nitrogens is 1. The van der Waals surface area contributed by atoms with E-state index in [2.05, 4.69) is 25.6 Å². The number of rotatable bonds is 5. The number of fused-ring (bicyclic) bond motifs is 1. The number of methoxy groups -OCH3 is 1. The Kier molecular flexibility index (Phi) is 3.13. The van der Waals surface area contributed by atoms with Crippen LogP contribution in [0.25, 0.3) is 11.0 Å². The fourth-order valence-electron chi connectivity index (χ4n) is 1.20. The van der Waals surface area contributed by atoms with Crippen molar-refractivity contribution in [3.8, 4) is 5.88 Å². The van der Waals surface area contributed by atoms with Gasteiger partial charge in [-0.2, -0.15) is 15.1 Å². The molecule has 0 amide bonds. The first kappa shape index (κ1) is 10.6. The first-order valence-electron chi connectivity index (χ1n) is 4.64. The van der Waals surface area contributed by atoms with Crippen molar-refractivity contribution < 1.29 is 9.47 Å². The molecular formula is C8H12N6O2. The molecule has 2 aromatic heterocycles. The number of nitrogens with zero attached hydrogens (tertiary/aromatic N) is 3. The lowest BCUT2D eigenvalue weighted by Gasteiger charge is -2.06. The summed E-state index contributed by atoms with van der Waals surface area (Å²) >= 11 is 0. The molecule has 16 heavy (non-hydrogen) atoms. The van der Waals surface area contributed by atoms with Gasteiger partial charge in [0.15, 0.2) is 5.65 Å². The predicted molar refractivity (Wildman–Crippen MR) is 56.9 cm³/mol. The van der Waals surface area contributed by atoms with Crippen LogP contribution in [0.1, 0.15) is 0 Å². The summed E-state index contributed by atoms with van der Waals surface area (Å²) in [5.74, 6) is 5.93. The molecule has 0 saturated heterocycles. The minimum atomic E-state index is 0.268.